The molecule has 0 spiro atoms. The Labute approximate surface area is 93.6 Å². The Bertz CT molecular complexity index is 446. The molecule has 16 heavy (non-hydrogen) atoms. The highest BCUT2D eigenvalue weighted by molar-refractivity contribution is 5.89. The molecule has 1 rings (SSSR count). The minimum Gasteiger partial charge on any atom is -0.481 e. The fourth-order valence-corrected chi connectivity index (χ4v) is 0.943. The molecule has 84 valence electrons. The van der Waals surface area contributed by atoms with Gasteiger partial charge in [0, 0.05) is 12.0 Å². The number of carbonyl (C=O) groups is 1. The Balaban J connectivity index is 2.91. The number of methoxy groups -OCH3 is 1. The summed E-state index contributed by atoms with van der Waals surface area (Å²) in [5.74, 6) is 4.60. The number of aromatic nitrogens is 1. The number of pyridine rings is 1. The average molecular weight is 220 g/mol. The van der Waals surface area contributed by atoms with Crippen molar-refractivity contribution in [3.63, 3.8) is 0 Å². The van der Waals surface area contributed by atoms with E-state index in [0.717, 1.165) is 0 Å². The molecule has 0 aliphatic rings. The van der Waals surface area contributed by atoms with E-state index in [4.69, 9.17) is 10.5 Å². The molecule has 0 atom stereocenters. The second kappa shape index (κ2) is 5.61. The molecule has 0 radical (unpaired) electrons. The number of hydrogen-bond donors (Lipinski definition) is 1. The van der Waals surface area contributed by atoms with Crippen LogP contribution >= 0.6 is 0 Å². The minimum absolute atomic E-state index is 0.286. The topological polar surface area (TPSA) is 74.4 Å². The summed E-state index contributed by atoms with van der Waals surface area (Å²) in [4.78, 5) is 15.0. The first-order chi connectivity index (χ1) is 7.67. The summed E-state index contributed by atoms with van der Waals surface area (Å²) in [6.07, 6.45) is 0. The molecule has 0 fully saturated rings. The van der Waals surface area contributed by atoms with Gasteiger partial charge in [-0.3, -0.25) is 0 Å². The maximum atomic E-state index is 11.0. The predicted molar refractivity (Wildman–Crippen MR) is 58.7 cm³/mol. The Morgan fingerprint density at radius 1 is 1.56 bits per heavy atom. The lowest BCUT2D eigenvalue weighted by Gasteiger charge is -2.00. The van der Waals surface area contributed by atoms with Gasteiger partial charge in [0.05, 0.1) is 19.4 Å². The van der Waals surface area contributed by atoms with Gasteiger partial charge in [-0.1, -0.05) is 0 Å². The lowest BCUT2D eigenvalue weighted by atomic mass is 10.3. The number of esters is 1. The lowest BCUT2D eigenvalue weighted by Crippen LogP contribution is -2.01. The number of ether oxygens (including phenoxy) is 2. The molecule has 1 heterocycles. The van der Waals surface area contributed by atoms with Gasteiger partial charge in [0.2, 0.25) is 5.88 Å². The van der Waals surface area contributed by atoms with Crippen molar-refractivity contribution in [1.82, 2.24) is 4.98 Å². The van der Waals surface area contributed by atoms with Crippen LogP contribution in [0.5, 0.6) is 5.88 Å². The molecule has 0 aliphatic heterocycles. The van der Waals surface area contributed by atoms with E-state index in [9.17, 15) is 4.79 Å². The highest BCUT2D eigenvalue weighted by Crippen LogP contribution is 2.13. The van der Waals surface area contributed by atoms with E-state index in [-0.39, 0.29) is 6.61 Å². The molecule has 0 unspecified atom stereocenters. The molecule has 0 aliphatic carbocycles. The van der Waals surface area contributed by atoms with Crippen LogP contribution in [0.1, 0.15) is 12.6 Å². The molecule has 0 amide bonds. The van der Waals surface area contributed by atoms with Crippen molar-refractivity contribution in [3.8, 4) is 17.7 Å². The number of carbonyl (C=O) groups excluding carboxylic acids is 1. The van der Waals surface area contributed by atoms with Crippen molar-refractivity contribution in [2.75, 3.05) is 19.5 Å². The Morgan fingerprint density at radius 2 is 2.31 bits per heavy atom. The number of hydrogen-bond acceptors (Lipinski definition) is 5. The van der Waals surface area contributed by atoms with E-state index in [1.165, 1.54) is 7.11 Å². The summed E-state index contributed by atoms with van der Waals surface area (Å²) < 4.78 is 9.56. The lowest BCUT2D eigenvalue weighted by molar-refractivity contribution is -0.136. The summed E-state index contributed by atoms with van der Waals surface area (Å²) in [5, 5.41) is 0. The highest BCUT2D eigenvalue weighted by Gasteiger charge is 2.01. The molecule has 5 nitrogen and oxygen atoms in total. The number of nitrogens with zero attached hydrogens (tertiary/aromatic N) is 1. The zero-order chi connectivity index (χ0) is 12.0. The fourth-order valence-electron chi connectivity index (χ4n) is 0.943. The number of nitrogens with two attached hydrogens (primary N) is 1. The van der Waals surface area contributed by atoms with Crippen molar-refractivity contribution in [2.24, 2.45) is 0 Å². The molecule has 0 saturated carbocycles. The van der Waals surface area contributed by atoms with Crippen LogP contribution in [-0.2, 0) is 9.53 Å². The first-order valence-electron chi connectivity index (χ1n) is 4.66. The van der Waals surface area contributed by atoms with Crippen LogP contribution in [0.3, 0.4) is 0 Å². The molecule has 1 aromatic heterocycles. The molecule has 0 aromatic carbocycles. The third kappa shape index (κ3) is 3.17. The summed E-state index contributed by atoms with van der Waals surface area (Å²) in [6.45, 7) is 1.99. The monoisotopic (exact) mass is 220 g/mol. The second-order valence-corrected chi connectivity index (χ2v) is 2.76. The van der Waals surface area contributed by atoms with Crippen LogP contribution in [0.2, 0.25) is 0 Å². The number of anilines is 1. The van der Waals surface area contributed by atoms with Gasteiger partial charge in [0.1, 0.15) is 5.69 Å². The van der Waals surface area contributed by atoms with Gasteiger partial charge >= 0.3 is 5.97 Å². The van der Waals surface area contributed by atoms with Crippen molar-refractivity contribution in [2.45, 2.75) is 6.92 Å². The van der Waals surface area contributed by atoms with Crippen LogP contribution < -0.4 is 10.5 Å². The van der Waals surface area contributed by atoms with Gasteiger partial charge in [0.25, 0.3) is 0 Å². The summed E-state index contributed by atoms with van der Waals surface area (Å²) >= 11 is 0. The van der Waals surface area contributed by atoms with Gasteiger partial charge in [-0.15, -0.1) is 0 Å². The van der Waals surface area contributed by atoms with E-state index >= 15 is 0 Å². The molecule has 0 bridgehead atoms. The molecule has 2 N–H and O–H groups in total. The van der Waals surface area contributed by atoms with Crippen molar-refractivity contribution >= 4 is 11.7 Å². The first-order valence-corrected chi connectivity index (χ1v) is 4.66. The highest BCUT2D eigenvalue weighted by atomic mass is 16.5. The Morgan fingerprint density at radius 3 is 2.94 bits per heavy atom. The van der Waals surface area contributed by atoms with Crippen LogP contribution in [-0.4, -0.2) is 24.7 Å². The van der Waals surface area contributed by atoms with Crippen molar-refractivity contribution in [3.05, 3.63) is 17.8 Å². The molecular formula is C11H12N2O3. The summed E-state index contributed by atoms with van der Waals surface area (Å²) in [5.41, 5.74) is 6.32. The van der Waals surface area contributed by atoms with Gasteiger partial charge in [0.15, 0.2) is 0 Å². The quantitative estimate of drug-likeness (QED) is 0.583. The maximum absolute atomic E-state index is 11.0. The van der Waals surface area contributed by atoms with Crippen molar-refractivity contribution < 1.29 is 14.3 Å². The van der Waals surface area contributed by atoms with E-state index < -0.39 is 5.97 Å². The standard InChI is InChI=1S/C11H12N2O3/c1-3-16-11(14)7-5-9-8(12)4-6-10(13-9)15-2/h4,6H,3,12H2,1-2H3. The normalized spacial score (nSPS) is 8.88. The van der Waals surface area contributed by atoms with Crippen LogP contribution in [0, 0.1) is 11.8 Å². The predicted octanol–water partition coefficient (Wildman–Crippen LogP) is 0.587. The van der Waals surface area contributed by atoms with Crippen LogP contribution in [0.4, 0.5) is 5.69 Å². The third-order valence-corrected chi connectivity index (χ3v) is 1.67. The second-order valence-electron chi connectivity index (χ2n) is 2.76. The zero-order valence-corrected chi connectivity index (χ0v) is 9.11. The number of rotatable bonds is 2. The van der Waals surface area contributed by atoms with Gasteiger partial charge in [-0.2, -0.15) is 0 Å². The molecule has 1 aromatic rings. The molecule has 0 saturated heterocycles. The summed E-state index contributed by atoms with van der Waals surface area (Å²) in [7, 11) is 1.49. The first kappa shape index (κ1) is 11.9. The Kier molecular flexibility index (Phi) is 4.16. The minimum atomic E-state index is -0.605. The number of nitrogen functional groups attached to an aromatic ring is 1. The average Bonchev–Trinajstić information content (AvgIpc) is 2.28. The fraction of sp³-hybridized carbons (Fsp3) is 0.273. The Hall–Kier alpha value is -2.22. The van der Waals surface area contributed by atoms with Gasteiger partial charge in [-0.05, 0) is 18.9 Å². The smallest absolute Gasteiger partial charge is 0.384 e. The van der Waals surface area contributed by atoms with E-state index in [2.05, 4.69) is 21.6 Å². The molecular weight excluding hydrogens is 208 g/mol. The molecule has 5 heteroatoms. The van der Waals surface area contributed by atoms with Gasteiger partial charge in [-0.25, -0.2) is 9.78 Å². The summed E-state index contributed by atoms with van der Waals surface area (Å²) in [6, 6.07) is 3.23. The zero-order valence-electron chi connectivity index (χ0n) is 9.11. The largest absolute Gasteiger partial charge is 0.481 e. The van der Waals surface area contributed by atoms with Crippen LogP contribution in [0.15, 0.2) is 12.1 Å². The van der Waals surface area contributed by atoms with Crippen molar-refractivity contribution in [1.29, 1.82) is 0 Å². The van der Waals surface area contributed by atoms with Gasteiger partial charge < -0.3 is 15.2 Å². The van der Waals surface area contributed by atoms with E-state index in [0.29, 0.717) is 17.3 Å². The maximum Gasteiger partial charge on any atom is 0.384 e. The third-order valence-electron chi connectivity index (χ3n) is 1.67. The van der Waals surface area contributed by atoms with Crippen LogP contribution in [0.25, 0.3) is 0 Å². The SMILES string of the molecule is CCOC(=O)C#Cc1nc(OC)ccc1N. The van der Waals surface area contributed by atoms with E-state index in [1.807, 2.05) is 0 Å². The van der Waals surface area contributed by atoms with E-state index in [1.54, 1.807) is 19.1 Å².